The molecule has 26 heavy (non-hydrogen) atoms. The van der Waals surface area contributed by atoms with Crippen molar-refractivity contribution in [3.63, 3.8) is 0 Å². The van der Waals surface area contributed by atoms with Crippen LogP contribution in [-0.4, -0.2) is 29.4 Å². The number of carbonyl (C=O) groups excluding carboxylic acids is 1. The molecule has 0 saturated heterocycles. The van der Waals surface area contributed by atoms with Gasteiger partial charge < -0.3 is 4.74 Å². The SMILES string of the molecule is COc1ccc(-c2cc(C(=O)N/N=C/c3c(F)cccc3Cl)[nH]n2)cc1. The summed E-state index contributed by atoms with van der Waals surface area (Å²) in [5.41, 5.74) is 4.03. The van der Waals surface area contributed by atoms with Crippen molar-refractivity contribution in [2.24, 2.45) is 5.10 Å². The first-order chi connectivity index (χ1) is 12.6. The molecule has 0 aliphatic carbocycles. The van der Waals surface area contributed by atoms with Crippen molar-refractivity contribution in [2.45, 2.75) is 0 Å². The number of rotatable bonds is 5. The molecule has 6 nitrogen and oxygen atoms in total. The molecule has 2 N–H and O–H groups in total. The van der Waals surface area contributed by atoms with Gasteiger partial charge in [0, 0.05) is 11.1 Å². The molecule has 0 unspecified atom stereocenters. The molecule has 2 aromatic carbocycles. The van der Waals surface area contributed by atoms with Crippen molar-refractivity contribution in [1.29, 1.82) is 0 Å². The van der Waals surface area contributed by atoms with Crippen LogP contribution in [0.5, 0.6) is 5.75 Å². The first kappa shape index (κ1) is 17.6. The Balaban J connectivity index is 1.69. The minimum atomic E-state index is -0.529. The molecule has 3 aromatic rings. The maximum absolute atomic E-state index is 13.6. The average molecular weight is 373 g/mol. The van der Waals surface area contributed by atoms with Crippen molar-refractivity contribution in [1.82, 2.24) is 15.6 Å². The highest BCUT2D eigenvalue weighted by Gasteiger charge is 2.11. The maximum Gasteiger partial charge on any atom is 0.289 e. The number of aromatic amines is 1. The lowest BCUT2D eigenvalue weighted by Crippen LogP contribution is -2.18. The van der Waals surface area contributed by atoms with E-state index < -0.39 is 11.7 Å². The number of methoxy groups -OCH3 is 1. The zero-order chi connectivity index (χ0) is 18.5. The molecule has 1 heterocycles. The summed E-state index contributed by atoms with van der Waals surface area (Å²) in [5, 5.41) is 10.7. The van der Waals surface area contributed by atoms with Gasteiger partial charge >= 0.3 is 0 Å². The second-order valence-electron chi connectivity index (χ2n) is 5.23. The van der Waals surface area contributed by atoms with E-state index in [1.54, 1.807) is 25.3 Å². The molecule has 0 saturated carbocycles. The van der Waals surface area contributed by atoms with Crippen LogP contribution in [0.25, 0.3) is 11.3 Å². The molecule has 0 radical (unpaired) electrons. The molecular weight excluding hydrogens is 359 g/mol. The quantitative estimate of drug-likeness (QED) is 0.530. The van der Waals surface area contributed by atoms with Crippen LogP contribution in [0, 0.1) is 5.82 Å². The molecule has 0 atom stereocenters. The fourth-order valence-electron chi connectivity index (χ4n) is 2.20. The van der Waals surface area contributed by atoms with E-state index in [2.05, 4.69) is 20.7 Å². The van der Waals surface area contributed by atoms with Crippen LogP contribution in [0.15, 0.2) is 53.6 Å². The number of hydrogen-bond donors (Lipinski definition) is 2. The number of amides is 1. The zero-order valence-electron chi connectivity index (χ0n) is 13.7. The van der Waals surface area contributed by atoms with Gasteiger partial charge in [0.1, 0.15) is 17.3 Å². The van der Waals surface area contributed by atoms with Crippen LogP contribution in [0.1, 0.15) is 16.1 Å². The summed E-state index contributed by atoms with van der Waals surface area (Å²) in [7, 11) is 1.58. The summed E-state index contributed by atoms with van der Waals surface area (Å²) >= 11 is 5.89. The zero-order valence-corrected chi connectivity index (χ0v) is 14.4. The number of nitrogens with one attached hydrogen (secondary N) is 2. The van der Waals surface area contributed by atoms with Gasteiger partial charge in [-0.1, -0.05) is 17.7 Å². The number of halogens is 2. The minimum absolute atomic E-state index is 0.0954. The second kappa shape index (κ2) is 7.79. The maximum atomic E-state index is 13.6. The van der Waals surface area contributed by atoms with E-state index in [0.717, 1.165) is 17.5 Å². The Bertz CT molecular complexity index is 934. The smallest absolute Gasteiger partial charge is 0.289 e. The molecule has 1 amide bonds. The number of H-pyrrole nitrogens is 1. The number of hydrogen-bond acceptors (Lipinski definition) is 4. The first-order valence-electron chi connectivity index (χ1n) is 7.55. The molecule has 1 aromatic heterocycles. The molecule has 0 aliphatic heterocycles. The molecule has 0 aliphatic rings. The third kappa shape index (κ3) is 3.89. The van der Waals surface area contributed by atoms with E-state index in [9.17, 15) is 9.18 Å². The Morgan fingerprint density at radius 2 is 2.08 bits per heavy atom. The van der Waals surface area contributed by atoms with Gasteiger partial charge in [-0.05, 0) is 42.5 Å². The Morgan fingerprint density at radius 1 is 1.31 bits per heavy atom. The first-order valence-corrected chi connectivity index (χ1v) is 7.93. The van der Waals surface area contributed by atoms with Crippen LogP contribution >= 0.6 is 11.6 Å². The molecule has 8 heteroatoms. The van der Waals surface area contributed by atoms with Gasteiger partial charge in [0.05, 0.1) is 24.0 Å². The highest BCUT2D eigenvalue weighted by Crippen LogP contribution is 2.21. The molecule has 132 valence electrons. The van der Waals surface area contributed by atoms with Crippen molar-refractivity contribution < 1.29 is 13.9 Å². The number of ether oxygens (including phenoxy) is 1. The van der Waals surface area contributed by atoms with E-state index in [0.29, 0.717) is 5.69 Å². The van der Waals surface area contributed by atoms with Gasteiger partial charge in [-0.2, -0.15) is 10.2 Å². The van der Waals surface area contributed by atoms with Crippen LogP contribution in [0.3, 0.4) is 0 Å². The molecule has 3 rings (SSSR count). The van der Waals surface area contributed by atoms with Crippen molar-refractivity contribution in [3.8, 4) is 17.0 Å². The van der Waals surface area contributed by atoms with Crippen LogP contribution < -0.4 is 10.2 Å². The summed E-state index contributed by atoms with van der Waals surface area (Å²) in [4.78, 5) is 12.1. The van der Waals surface area contributed by atoms with Gasteiger partial charge in [0.2, 0.25) is 0 Å². The van der Waals surface area contributed by atoms with Crippen molar-refractivity contribution in [2.75, 3.05) is 7.11 Å². The average Bonchev–Trinajstić information content (AvgIpc) is 3.14. The van der Waals surface area contributed by atoms with Crippen molar-refractivity contribution in [3.05, 3.63) is 70.6 Å². The standard InChI is InChI=1S/C18H14ClFN4O2/c1-26-12-7-5-11(6-8-12)16-9-17(23-22-16)18(25)24-21-10-13-14(19)3-2-4-15(13)20/h2-10H,1H3,(H,22,23)(H,24,25)/b21-10+. The summed E-state index contributed by atoms with van der Waals surface area (Å²) in [6.45, 7) is 0. The number of hydrazone groups is 1. The van der Waals surface area contributed by atoms with E-state index in [1.807, 2.05) is 12.1 Å². The van der Waals surface area contributed by atoms with E-state index >= 15 is 0 Å². The number of aromatic nitrogens is 2. The van der Waals surface area contributed by atoms with Crippen LogP contribution in [0.2, 0.25) is 5.02 Å². The summed E-state index contributed by atoms with van der Waals surface area (Å²) < 4.78 is 18.7. The van der Waals surface area contributed by atoms with E-state index in [1.165, 1.54) is 18.2 Å². The Kier molecular flexibility index (Phi) is 5.28. The Morgan fingerprint density at radius 3 is 2.77 bits per heavy atom. The molecular formula is C18H14ClFN4O2. The second-order valence-corrected chi connectivity index (χ2v) is 5.64. The predicted octanol–water partition coefficient (Wildman–Crippen LogP) is 3.64. The highest BCUT2D eigenvalue weighted by atomic mass is 35.5. The fourth-order valence-corrected chi connectivity index (χ4v) is 2.41. The Labute approximate surface area is 153 Å². The Hall–Kier alpha value is -3.19. The third-order valence-electron chi connectivity index (χ3n) is 3.57. The normalized spacial score (nSPS) is 10.9. The van der Waals surface area contributed by atoms with Gasteiger partial charge in [-0.15, -0.1) is 0 Å². The van der Waals surface area contributed by atoms with Gasteiger partial charge in [-0.25, -0.2) is 9.82 Å². The number of carbonyl (C=O) groups is 1. The minimum Gasteiger partial charge on any atom is -0.497 e. The molecule has 0 fully saturated rings. The van der Waals surface area contributed by atoms with Crippen molar-refractivity contribution >= 4 is 23.7 Å². The van der Waals surface area contributed by atoms with E-state index in [4.69, 9.17) is 16.3 Å². The fraction of sp³-hybridized carbons (Fsp3) is 0.0556. The lowest BCUT2D eigenvalue weighted by atomic mass is 10.1. The van der Waals surface area contributed by atoms with Gasteiger partial charge in [0.25, 0.3) is 5.91 Å². The lowest BCUT2D eigenvalue weighted by Gasteiger charge is -2.00. The van der Waals surface area contributed by atoms with E-state index in [-0.39, 0.29) is 16.3 Å². The monoisotopic (exact) mass is 372 g/mol. The van der Waals surface area contributed by atoms with Gasteiger partial charge in [-0.3, -0.25) is 9.89 Å². The lowest BCUT2D eigenvalue weighted by molar-refractivity contribution is 0.0950. The largest absolute Gasteiger partial charge is 0.497 e. The summed E-state index contributed by atoms with van der Waals surface area (Å²) in [6.07, 6.45) is 1.15. The summed E-state index contributed by atoms with van der Waals surface area (Å²) in [6, 6.07) is 13.1. The van der Waals surface area contributed by atoms with Crippen LogP contribution in [-0.2, 0) is 0 Å². The van der Waals surface area contributed by atoms with Gasteiger partial charge in [0.15, 0.2) is 0 Å². The third-order valence-corrected chi connectivity index (χ3v) is 3.90. The predicted molar refractivity (Wildman–Crippen MR) is 97.0 cm³/mol. The number of nitrogens with zero attached hydrogens (tertiary/aromatic N) is 2. The van der Waals surface area contributed by atoms with Crippen LogP contribution in [0.4, 0.5) is 4.39 Å². The number of benzene rings is 2. The highest BCUT2D eigenvalue weighted by molar-refractivity contribution is 6.33. The molecule has 0 bridgehead atoms. The molecule has 0 spiro atoms. The summed E-state index contributed by atoms with van der Waals surface area (Å²) in [5.74, 6) is -0.316. The topological polar surface area (TPSA) is 79.4 Å².